The first-order valence-electron chi connectivity index (χ1n) is 4.72. The Hall–Kier alpha value is -0.320. The molecule has 3 aromatic rings. The Kier molecular flexibility index (Phi) is 2.61. The molecule has 1 aromatic heterocycles. The summed E-state index contributed by atoms with van der Waals surface area (Å²) in [4.78, 5) is 3.42. The van der Waals surface area contributed by atoms with Crippen molar-refractivity contribution in [2.24, 2.45) is 0 Å². The van der Waals surface area contributed by atoms with E-state index in [4.69, 9.17) is 0 Å². The van der Waals surface area contributed by atoms with Crippen molar-refractivity contribution >= 4 is 69.6 Å². The van der Waals surface area contributed by atoms with Gasteiger partial charge in [0.05, 0.1) is 9.99 Å². The minimum Gasteiger partial charge on any atom is -0.354 e. The van der Waals surface area contributed by atoms with Gasteiger partial charge in [-0.25, -0.2) is 0 Å². The lowest BCUT2D eigenvalue weighted by molar-refractivity contribution is 1.51. The van der Waals surface area contributed by atoms with Crippen molar-refractivity contribution in [2.75, 3.05) is 0 Å². The molecule has 0 aliphatic carbocycles. The van der Waals surface area contributed by atoms with Crippen LogP contribution in [0.2, 0.25) is 0 Å². The zero-order valence-corrected chi connectivity index (χ0v) is 12.8. The summed E-state index contributed by atoms with van der Waals surface area (Å²) in [6.45, 7) is 0. The number of fused-ring (bicyclic) bond motifs is 3. The van der Waals surface area contributed by atoms with Gasteiger partial charge in [0.15, 0.2) is 0 Å². The van der Waals surface area contributed by atoms with E-state index >= 15 is 0 Å². The van der Waals surface area contributed by atoms with Gasteiger partial charge in [0.25, 0.3) is 0 Å². The van der Waals surface area contributed by atoms with Crippen LogP contribution in [-0.2, 0) is 0 Å². The summed E-state index contributed by atoms with van der Waals surface area (Å²) in [5, 5.41) is 2.48. The van der Waals surface area contributed by atoms with E-state index in [0.29, 0.717) is 0 Å². The predicted octanol–water partition coefficient (Wildman–Crippen LogP) is 5.61. The third-order valence-corrected chi connectivity index (χ3v) is 5.14. The lowest BCUT2D eigenvalue weighted by Crippen LogP contribution is -1.72. The first-order valence-corrected chi connectivity index (χ1v) is 7.09. The van der Waals surface area contributed by atoms with Gasteiger partial charge in [-0.15, -0.1) is 0 Å². The number of hydrogen-bond donors (Lipinski definition) is 1. The van der Waals surface area contributed by atoms with E-state index in [9.17, 15) is 0 Å². The monoisotopic (exact) mass is 401 g/mol. The molecule has 0 aliphatic heterocycles. The third kappa shape index (κ3) is 1.55. The van der Waals surface area contributed by atoms with Crippen molar-refractivity contribution < 1.29 is 0 Å². The first-order chi connectivity index (χ1) is 7.66. The zero-order chi connectivity index (χ0) is 11.3. The molecule has 3 rings (SSSR count). The second-order valence-electron chi connectivity index (χ2n) is 3.60. The molecular weight excluding hydrogens is 398 g/mol. The van der Waals surface area contributed by atoms with E-state index in [1.807, 2.05) is 0 Å². The largest absolute Gasteiger partial charge is 0.354 e. The van der Waals surface area contributed by atoms with E-state index in [-0.39, 0.29) is 0 Å². The van der Waals surface area contributed by atoms with Gasteiger partial charge in [-0.3, -0.25) is 0 Å². The van der Waals surface area contributed by atoms with Crippen molar-refractivity contribution in [3.8, 4) is 0 Å². The third-order valence-electron chi connectivity index (χ3n) is 2.63. The Balaban J connectivity index is 2.55. The zero-order valence-electron chi connectivity index (χ0n) is 8.02. The summed E-state index contributed by atoms with van der Waals surface area (Å²) >= 11 is 10.6. The fourth-order valence-electron chi connectivity index (χ4n) is 1.89. The Bertz CT molecular complexity index is 700. The highest BCUT2D eigenvalue weighted by atomic mass is 79.9. The fourth-order valence-corrected chi connectivity index (χ4v) is 3.02. The number of aromatic nitrogens is 1. The summed E-state index contributed by atoms with van der Waals surface area (Å²) in [6.07, 6.45) is 0. The van der Waals surface area contributed by atoms with Crippen LogP contribution in [0.15, 0.2) is 43.7 Å². The molecule has 0 amide bonds. The van der Waals surface area contributed by atoms with Crippen molar-refractivity contribution in [2.45, 2.75) is 0 Å². The van der Waals surface area contributed by atoms with E-state index in [2.05, 4.69) is 83.1 Å². The Morgan fingerprint density at radius 3 is 2.44 bits per heavy atom. The van der Waals surface area contributed by atoms with Crippen LogP contribution in [-0.4, -0.2) is 4.98 Å². The van der Waals surface area contributed by atoms with Crippen molar-refractivity contribution in [1.29, 1.82) is 0 Å². The van der Waals surface area contributed by atoms with Gasteiger partial charge in [-0.2, -0.15) is 0 Å². The molecule has 1 heterocycles. The maximum absolute atomic E-state index is 3.59. The molecule has 0 saturated heterocycles. The molecule has 0 unspecified atom stereocenters. The lowest BCUT2D eigenvalue weighted by atomic mass is 10.2. The van der Waals surface area contributed by atoms with Gasteiger partial charge < -0.3 is 4.98 Å². The molecular formula is C12H6Br3N. The molecule has 80 valence electrons. The van der Waals surface area contributed by atoms with Gasteiger partial charge in [0.1, 0.15) is 0 Å². The van der Waals surface area contributed by atoms with Crippen molar-refractivity contribution in [3.63, 3.8) is 0 Å². The molecule has 2 aromatic carbocycles. The van der Waals surface area contributed by atoms with Gasteiger partial charge >= 0.3 is 0 Å². The lowest BCUT2D eigenvalue weighted by Gasteiger charge is -1.97. The molecule has 1 nitrogen and oxygen atoms in total. The standard InChI is InChI=1S/C12H6Br3N/c13-6-1-2-7-8-3-4-9(14)11(15)12(8)16-10(7)5-6/h1-5,16H. The summed E-state index contributed by atoms with van der Waals surface area (Å²) in [7, 11) is 0. The van der Waals surface area contributed by atoms with Crippen molar-refractivity contribution in [1.82, 2.24) is 4.98 Å². The van der Waals surface area contributed by atoms with E-state index < -0.39 is 0 Å². The molecule has 0 fully saturated rings. The van der Waals surface area contributed by atoms with Crippen LogP contribution in [0, 0.1) is 0 Å². The van der Waals surface area contributed by atoms with Crippen LogP contribution in [0.1, 0.15) is 0 Å². The van der Waals surface area contributed by atoms with Gasteiger partial charge in [-0.05, 0) is 50.1 Å². The average Bonchev–Trinajstić information content (AvgIpc) is 2.62. The highest BCUT2D eigenvalue weighted by molar-refractivity contribution is 9.13. The maximum Gasteiger partial charge on any atom is 0.0620 e. The highest BCUT2D eigenvalue weighted by Gasteiger charge is 2.09. The minimum atomic E-state index is 1.06. The minimum absolute atomic E-state index is 1.06. The second-order valence-corrected chi connectivity index (χ2v) is 6.16. The molecule has 0 bridgehead atoms. The van der Waals surface area contributed by atoms with Crippen LogP contribution in [0.5, 0.6) is 0 Å². The second kappa shape index (κ2) is 3.86. The molecule has 4 heteroatoms. The van der Waals surface area contributed by atoms with Crippen LogP contribution in [0.25, 0.3) is 21.8 Å². The SMILES string of the molecule is Brc1ccc2c(c1)[nH]c1c(Br)c(Br)ccc12. The van der Waals surface area contributed by atoms with Gasteiger partial charge in [0.2, 0.25) is 0 Å². The molecule has 0 aliphatic rings. The number of rotatable bonds is 0. The van der Waals surface area contributed by atoms with Crippen LogP contribution in [0.3, 0.4) is 0 Å². The average molecular weight is 404 g/mol. The quantitative estimate of drug-likeness (QED) is 0.502. The number of H-pyrrole nitrogens is 1. The number of aromatic amines is 1. The van der Waals surface area contributed by atoms with Gasteiger partial charge in [-0.1, -0.05) is 28.1 Å². The maximum atomic E-state index is 3.59. The topological polar surface area (TPSA) is 15.8 Å². The van der Waals surface area contributed by atoms with E-state index in [0.717, 1.165) is 24.5 Å². The summed E-state index contributed by atoms with van der Waals surface area (Å²) in [5.74, 6) is 0. The van der Waals surface area contributed by atoms with Crippen LogP contribution >= 0.6 is 47.8 Å². The fraction of sp³-hybridized carbons (Fsp3) is 0. The first kappa shape index (κ1) is 10.8. The summed E-state index contributed by atoms with van der Waals surface area (Å²) in [6, 6.07) is 10.5. The molecule has 16 heavy (non-hydrogen) atoms. The normalized spacial score (nSPS) is 11.4. The van der Waals surface area contributed by atoms with Crippen molar-refractivity contribution in [3.05, 3.63) is 43.7 Å². The molecule has 0 radical (unpaired) electrons. The molecule has 0 saturated carbocycles. The summed E-state index contributed by atoms with van der Waals surface area (Å²) < 4.78 is 3.21. The number of hydrogen-bond acceptors (Lipinski definition) is 0. The van der Waals surface area contributed by atoms with Crippen LogP contribution in [0.4, 0.5) is 0 Å². The summed E-state index contributed by atoms with van der Waals surface area (Å²) in [5.41, 5.74) is 2.27. The van der Waals surface area contributed by atoms with Crippen LogP contribution < -0.4 is 0 Å². The number of benzene rings is 2. The van der Waals surface area contributed by atoms with E-state index in [1.165, 1.54) is 10.8 Å². The number of nitrogens with one attached hydrogen (secondary N) is 1. The molecule has 0 atom stereocenters. The molecule has 0 spiro atoms. The Morgan fingerprint density at radius 1 is 0.875 bits per heavy atom. The smallest absolute Gasteiger partial charge is 0.0620 e. The Morgan fingerprint density at radius 2 is 1.62 bits per heavy atom. The predicted molar refractivity (Wildman–Crippen MR) is 78.9 cm³/mol. The highest BCUT2D eigenvalue weighted by Crippen LogP contribution is 2.35. The molecule has 1 N–H and O–H groups in total. The van der Waals surface area contributed by atoms with Gasteiger partial charge in [0, 0.05) is 25.2 Å². The Labute approximate surface area is 118 Å². The van der Waals surface area contributed by atoms with E-state index in [1.54, 1.807) is 0 Å². The number of halogens is 3.